The van der Waals surface area contributed by atoms with E-state index in [0.29, 0.717) is 12.2 Å². The van der Waals surface area contributed by atoms with Gasteiger partial charge in [-0.3, -0.25) is 9.59 Å². The van der Waals surface area contributed by atoms with Gasteiger partial charge < -0.3 is 15.3 Å². The van der Waals surface area contributed by atoms with Crippen LogP contribution in [0, 0.1) is 5.92 Å². The molecule has 2 rings (SSSR count). The molecule has 0 spiro atoms. The molecule has 8 heteroatoms. The number of carbonyl (C=O) groups is 3. The lowest BCUT2D eigenvalue weighted by molar-refractivity contribution is -0.144. The molecule has 22 heavy (non-hydrogen) atoms. The molecule has 1 aliphatic rings. The van der Waals surface area contributed by atoms with Crippen molar-refractivity contribution < 1.29 is 23.9 Å². The first kappa shape index (κ1) is 16.4. The average Bonchev–Trinajstić information content (AvgIpc) is 2.86. The van der Waals surface area contributed by atoms with E-state index in [1.807, 2.05) is 0 Å². The zero-order chi connectivity index (χ0) is 16.3. The predicted octanol–water partition coefficient (Wildman–Crippen LogP) is 1.34. The Morgan fingerprint density at radius 1 is 1.45 bits per heavy atom. The van der Waals surface area contributed by atoms with Crippen LogP contribution in [0.5, 0.6) is 0 Å². The summed E-state index contributed by atoms with van der Waals surface area (Å²) in [5.74, 6) is -3.65. The molecule has 0 bridgehead atoms. The fraction of sp³-hybridized carbons (Fsp3) is 0.357. The average molecular weight is 373 g/mol. The third kappa shape index (κ3) is 3.27. The van der Waals surface area contributed by atoms with E-state index >= 15 is 0 Å². The molecule has 2 amide bonds. The van der Waals surface area contributed by atoms with Crippen LogP contribution >= 0.6 is 15.9 Å². The molecule has 1 aromatic rings. The Morgan fingerprint density at radius 2 is 2.14 bits per heavy atom. The first-order valence-corrected chi connectivity index (χ1v) is 7.40. The number of hydrogen-bond donors (Lipinski definition) is 2. The SMILES string of the molecule is O=C(O)C(CF)NC(=O)C1CCN(c2ccccc2Br)C1=O. The number of rotatable bonds is 5. The summed E-state index contributed by atoms with van der Waals surface area (Å²) >= 11 is 3.34. The number of amides is 2. The number of carbonyl (C=O) groups excluding carboxylic acids is 2. The van der Waals surface area contributed by atoms with Crippen LogP contribution in [0.25, 0.3) is 0 Å². The fourth-order valence-corrected chi connectivity index (χ4v) is 2.77. The lowest BCUT2D eigenvalue weighted by Crippen LogP contribution is -2.46. The van der Waals surface area contributed by atoms with Crippen LogP contribution in [0.2, 0.25) is 0 Å². The summed E-state index contributed by atoms with van der Waals surface area (Å²) in [4.78, 5) is 36.5. The van der Waals surface area contributed by atoms with Crippen molar-refractivity contribution in [3.8, 4) is 0 Å². The summed E-state index contributed by atoms with van der Waals surface area (Å²) in [6.07, 6.45) is 0.255. The van der Waals surface area contributed by atoms with Gasteiger partial charge in [0.05, 0.1) is 5.69 Å². The first-order valence-electron chi connectivity index (χ1n) is 6.60. The highest BCUT2D eigenvalue weighted by atomic mass is 79.9. The van der Waals surface area contributed by atoms with Crippen molar-refractivity contribution in [3.05, 3.63) is 28.7 Å². The molecule has 1 aromatic carbocycles. The van der Waals surface area contributed by atoms with E-state index in [-0.39, 0.29) is 6.42 Å². The molecule has 2 atom stereocenters. The van der Waals surface area contributed by atoms with Gasteiger partial charge in [0.2, 0.25) is 11.8 Å². The maximum atomic E-state index is 12.6. The quantitative estimate of drug-likeness (QED) is 0.763. The Bertz CT molecular complexity index is 610. The fourth-order valence-electron chi connectivity index (χ4n) is 2.27. The Kier molecular flexibility index (Phi) is 5.12. The minimum Gasteiger partial charge on any atom is -0.480 e. The molecule has 1 saturated heterocycles. The van der Waals surface area contributed by atoms with Crippen LogP contribution in [0.3, 0.4) is 0 Å². The summed E-state index contributed by atoms with van der Waals surface area (Å²) in [7, 11) is 0. The molecule has 1 heterocycles. The topological polar surface area (TPSA) is 86.7 Å². The molecular weight excluding hydrogens is 359 g/mol. The molecule has 0 saturated carbocycles. The molecule has 6 nitrogen and oxygen atoms in total. The zero-order valence-electron chi connectivity index (χ0n) is 11.5. The highest BCUT2D eigenvalue weighted by molar-refractivity contribution is 9.10. The molecule has 0 aliphatic carbocycles. The van der Waals surface area contributed by atoms with Gasteiger partial charge in [0, 0.05) is 11.0 Å². The van der Waals surface area contributed by atoms with Crippen LogP contribution < -0.4 is 10.2 Å². The van der Waals surface area contributed by atoms with Gasteiger partial charge in [0.25, 0.3) is 0 Å². The van der Waals surface area contributed by atoms with Crippen molar-refractivity contribution in [2.24, 2.45) is 5.92 Å². The van der Waals surface area contributed by atoms with Gasteiger partial charge in [-0.05, 0) is 34.5 Å². The number of aliphatic carboxylic acids is 1. The molecule has 2 N–H and O–H groups in total. The van der Waals surface area contributed by atoms with Crippen LogP contribution in [-0.2, 0) is 14.4 Å². The number of anilines is 1. The van der Waals surface area contributed by atoms with Crippen LogP contribution in [0.4, 0.5) is 10.1 Å². The monoisotopic (exact) mass is 372 g/mol. The number of nitrogens with one attached hydrogen (secondary N) is 1. The number of hydrogen-bond acceptors (Lipinski definition) is 3. The molecule has 0 radical (unpaired) electrons. The largest absolute Gasteiger partial charge is 0.480 e. The summed E-state index contributed by atoms with van der Waals surface area (Å²) in [6.45, 7) is -0.886. The standard InChI is InChI=1S/C14H14BrFN2O4/c15-9-3-1-2-4-11(9)18-6-5-8(13(18)20)12(19)17-10(7-16)14(21)22/h1-4,8,10H,5-7H2,(H,17,19)(H,21,22). The number of halogens is 2. The minimum absolute atomic E-state index is 0.255. The number of para-hydroxylation sites is 1. The maximum absolute atomic E-state index is 12.6. The predicted molar refractivity (Wildman–Crippen MR) is 80.1 cm³/mol. The Balaban J connectivity index is 2.10. The summed E-state index contributed by atoms with van der Waals surface area (Å²) < 4.78 is 13.3. The van der Waals surface area contributed by atoms with Gasteiger partial charge in [-0.25, -0.2) is 9.18 Å². The second kappa shape index (κ2) is 6.87. The van der Waals surface area contributed by atoms with Crippen LogP contribution in [0.1, 0.15) is 6.42 Å². The van der Waals surface area contributed by atoms with Crippen molar-refractivity contribution in [1.29, 1.82) is 0 Å². The number of benzene rings is 1. The van der Waals surface area contributed by atoms with Gasteiger partial charge in [0.15, 0.2) is 6.04 Å². The first-order chi connectivity index (χ1) is 10.5. The van der Waals surface area contributed by atoms with Gasteiger partial charge in [0.1, 0.15) is 12.6 Å². The van der Waals surface area contributed by atoms with Crippen molar-refractivity contribution in [1.82, 2.24) is 5.32 Å². The number of carboxylic acid groups (broad SMARTS) is 1. The number of carboxylic acids is 1. The Hall–Kier alpha value is -1.96. The summed E-state index contributed by atoms with van der Waals surface area (Å²) in [6, 6.07) is 5.46. The molecule has 0 aromatic heterocycles. The second-order valence-electron chi connectivity index (χ2n) is 4.84. The Morgan fingerprint density at radius 3 is 2.73 bits per heavy atom. The number of alkyl halides is 1. The normalized spacial score (nSPS) is 19.1. The van der Waals surface area contributed by atoms with Crippen molar-refractivity contribution >= 4 is 39.4 Å². The van der Waals surface area contributed by atoms with Gasteiger partial charge in [-0.1, -0.05) is 12.1 Å². The van der Waals surface area contributed by atoms with Crippen LogP contribution in [-0.4, -0.2) is 42.2 Å². The third-order valence-corrected chi connectivity index (χ3v) is 4.10. The van der Waals surface area contributed by atoms with Crippen molar-refractivity contribution in [3.63, 3.8) is 0 Å². The van der Waals surface area contributed by atoms with E-state index in [1.165, 1.54) is 4.90 Å². The van der Waals surface area contributed by atoms with E-state index in [4.69, 9.17) is 5.11 Å². The zero-order valence-corrected chi connectivity index (χ0v) is 13.0. The second-order valence-corrected chi connectivity index (χ2v) is 5.69. The summed E-state index contributed by atoms with van der Waals surface area (Å²) in [5.41, 5.74) is 0.642. The van der Waals surface area contributed by atoms with Gasteiger partial charge >= 0.3 is 5.97 Å². The highest BCUT2D eigenvalue weighted by Gasteiger charge is 2.39. The van der Waals surface area contributed by atoms with Gasteiger partial charge in [-0.15, -0.1) is 0 Å². The molecule has 1 aliphatic heterocycles. The lowest BCUT2D eigenvalue weighted by atomic mass is 10.1. The Labute approximate surface area is 134 Å². The maximum Gasteiger partial charge on any atom is 0.328 e. The van der Waals surface area contributed by atoms with E-state index in [0.717, 1.165) is 4.47 Å². The van der Waals surface area contributed by atoms with Gasteiger partial charge in [-0.2, -0.15) is 0 Å². The molecule has 1 fully saturated rings. The van der Waals surface area contributed by atoms with E-state index < -0.39 is 36.4 Å². The van der Waals surface area contributed by atoms with E-state index in [9.17, 15) is 18.8 Å². The molecular formula is C14H14BrFN2O4. The molecule has 118 valence electrons. The van der Waals surface area contributed by atoms with E-state index in [2.05, 4.69) is 21.2 Å². The summed E-state index contributed by atoms with van der Waals surface area (Å²) in [5, 5.41) is 10.8. The third-order valence-electron chi connectivity index (χ3n) is 3.43. The lowest BCUT2D eigenvalue weighted by Gasteiger charge is -2.18. The smallest absolute Gasteiger partial charge is 0.328 e. The highest BCUT2D eigenvalue weighted by Crippen LogP contribution is 2.31. The number of nitrogens with zero attached hydrogens (tertiary/aromatic N) is 1. The molecule has 2 unspecified atom stereocenters. The van der Waals surface area contributed by atoms with Crippen molar-refractivity contribution in [2.75, 3.05) is 18.1 Å². The van der Waals surface area contributed by atoms with Crippen LogP contribution in [0.15, 0.2) is 28.7 Å². The van der Waals surface area contributed by atoms with E-state index in [1.54, 1.807) is 24.3 Å². The van der Waals surface area contributed by atoms with Crippen molar-refractivity contribution in [2.45, 2.75) is 12.5 Å². The minimum atomic E-state index is -1.63.